The third-order valence-electron chi connectivity index (χ3n) is 9.55. The number of alkyl halides is 6. The normalized spacial score (nSPS) is 16.1. The number of aliphatic carboxylic acids is 1. The van der Waals surface area contributed by atoms with E-state index in [2.05, 4.69) is 17.6 Å². The number of nitrogens with one attached hydrogen (secondary N) is 2. The summed E-state index contributed by atoms with van der Waals surface area (Å²) < 4.78 is 71.8. The highest BCUT2D eigenvalue weighted by atomic mass is 19.4. The van der Waals surface area contributed by atoms with Gasteiger partial charge in [-0.25, -0.2) is 9.59 Å². The molecule has 56 heavy (non-hydrogen) atoms. The number of amides is 3. The van der Waals surface area contributed by atoms with E-state index in [1.54, 1.807) is 30.3 Å². The molecule has 0 spiro atoms. The fourth-order valence-electron chi connectivity index (χ4n) is 6.40. The van der Waals surface area contributed by atoms with Crippen molar-refractivity contribution in [2.45, 2.75) is 64.0 Å². The zero-order valence-electron chi connectivity index (χ0n) is 30.5. The topological polar surface area (TPSA) is 145 Å². The summed E-state index contributed by atoms with van der Waals surface area (Å²) in [4.78, 5) is 37.4. The first-order chi connectivity index (χ1) is 26.4. The first-order valence-electron chi connectivity index (χ1n) is 17.9. The summed E-state index contributed by atoms with van der Waals surface area (Å²) in [7, 11) is 0. The molecule has 0 heterocycles. The van der Waals surface area contributed by atoms with Gasteiger partial charge >= 0.3 is 24.4 Å². The van der Waals surface area contributed by atoms with Crippen molar-refractivity contribution in [1.29, 1.82) is 0 Å². The second-order valence-electron chi connectivity index (χ2n) is 13.7. The molecule has 1 atom stereocenters. The van der Waals surface area contributed by atoms with Crippen LogP contribution in [-0.2, 0) is 23.9 Å². The van der Waals surface area contributed by atoms with E-state index in [0.717, 1.165) is 60.1 Å². The second kappa shape index (κ2) is 19.3. The Morgan fingerprint density at radius 1 is 0.839 bits per heavy atom. The quantitative estimate of drug-likeness (QED) is 0.0961. The van der Waals surface area contributed by atoms with Crippen molar-refractivity contribution in [3.63, 3.8) is 0 Å². The zero-order valence-corrected chi connectivity index (χ0v) is 30.5. The molecule has 1 aliphatic carbocycles. The SMILES string of the molecule is CC(N)C1CCC(CNC(=O)c2ccccc2-c2cccc(CN(CCc3ccc(O)cc3)C(=O)Nc3cccc(C(F)(F)F)c3)c2)CC1.O=C(O)C(F)(F)F. The standard InChI is InChI=1S/C39H43F3N4O3.C2HF3O2/c1-26(43)30-16-12-28(13-17-30)24-44-37(48)36-11-3-2-10-35(36)31-7-4-6-29(22-31)25-46(21-20-27-14-18-34(47)19-15-27)38(49)45-33-9-5-8-32(23-33)39(40,41)42;3-2(4,5)1(6)7/h2-11,14-15,18-19,22-23,26,28,30,47H,12-13,16-17,20-21,24-25,43H2,1H3,(H,44,48)(H,45,49);(H,6,7). The van der Waals surface area contributed by atoms with Crippen LogP contribution in [0, 0.1) is 11.8 Å². The van der Waals surface area contributed by atoms with Gasteiger partial charge in [-0.15, -0.1) is 0 Å². The fraction of sp³-hybridized carbons (Fsp3) is 0.341. The van der Waals surface area contributed by atoms with Crippen LogP contribution in [0.15, 0.2) is 97.1 Å². The monoisotopic (exact) mass is 786 g/mol. The minimum absolute atomic E-state index is 0.0325. The van der Waals surface area contributed by atoms with E-state index in [1.807, 2.05) is 42.5 Å². The summed E-state index contributed by atoms with van der Waals surface area (Å²) in [6.07, 6.45) is -4.94. The van der Waals surface area contributed by atoms with Gasteiger partial charge in [0.25, 0.3) is 5.91 Å². The lowest BCUT2D eigenvalue weighted by atomic mass is 9.79. The number of carboxylic acid groups (broad SMARTS) is 1. The number of halogens is 6. The number of carbonyl (C=O) groups is 3. The molecule has 0 aromatic heterocycles. The summed E-state index contributed by atoms with van der Waals surface area (Å²) in [5, 5.41) is 22.6. The van der Waals surface area contributed by atoms with Crippen LogP contribution in [0.2, 0.25) is 0 Å². The van der Waals surface area contributed by atoms with Gasteiger partial charge in [-0.05, 0) is 116 Å². The highest BCUT2D eigenvalue weighted by Gasteiger charge is 2.38. The van der Waals surface area contributed by atoms with Crippen LogP contribution in [0.1, 0.15) is 59.7 Å². The lowest BCUT2D eigenvalue weighted by Crippen LogP contribution is -2.36. The van der Waals surface area contributed by atoms with Crippen LogP contribution in [0.4, 0.5) is 36.8 Å². The first kappa shape index (κ1) is 43.2. The highest BCUT2D eigenvalue weighted by Crippen LogP contribution is 2.32. The lowest BCUT2D eigenvalue weighted by Gasteiger charge is -2.30. The number of rotatable bonds is 11. The van der Waals surface area contributed by atoms with Gasteiger partial charge in [-0.3, -0.25) is 4.79 Å². The third kappa shape index (κ3) is 13.0. The fourth-order valence-corrected chi connectivity index (χ4v) is 6.40. The molecule has 3 amide bonds. The molecule has 0 radical (unpaired) electrons. The van der Waals surface area contributed by atoms with Crippen molar-refractivity contribution >= 4 is 23.6 Å². The lowest BCUT2D eigenvalue weighted by molar-refractivity contribution is -0.192. The molecule has 6 N–H and O–H groups in total. The molecule has 0 saturated heterocycles. The number of nitrogens with two attached hydrogens (primary N) is 1. The molecule has 300 valence electrons. The summed E-state index contributed by atoms with van der Waals surface area (Å²) >= 11 is 0. The molecule has 1 aliphatic rings. The number of carbonyl (C=O) groups excluding carboxylic acids is 2. The van der Waals surface area contributed by atoms with E-state index in [1.165, 1.54) is 17.0 Å². The van der Waals surface area contributed by atoms with Gasteiger partial charge in [-0.1, -0.05) is 54.6 Å². The molecule has 1 saturated carbocycles. The largest absolute Gasteiger partial charge is 0.508 e. The summed E-state index contributed by atoms with van der Waals surface area (Å²) in [6.45, 7) is 3.08. The number of aromatic hydroxyl groups is 1. The Kier molecular flexibility index (Phi) is 14.9. The van der Waals surface area contributed by atoms with Crippen molar-refractivity contribution in [2.75, 3.05) is 18.4 Å². The van der Waals surface area contributed by atoms with Gasteiger partial charge < -0.3 is 31.5 Å². The molecule has 4 aromatic rings. The first-order valence-corrected chi connectivity index (χ1v) is 17.9. The Balaban J connectivity index is 0.000000908. The van der Waals surface area contributed by atoms with Gasteiger partial charge in [0, 0.05) is 36.9 Å². The number of nitrogens with zero attached hydrogens (tertiary/aromatic N) is 1. The number of phenols is 1. The van der Waals surface area contributed by atoms with Crippen molar-refractivity contribution in [1.82, 2.24) is 10.2 Å². The summed E-state index contributed by atoms with van der Waals surface area (Å²) in [6, 6.07) is 25.8. The molecule has 1 fully saturated rings. The Hall–Kier alpha value is -5.57. The second-order valence-corrected chi connectivity index (χ2v) is 13.7. The molecule has 1 unspecified atom stereocenters. The van der Waals surface area contributed by atoms with Crippen LogP contribution in [0.25, 0.3) is 11.1 Å². The maximum atomic E-state index is 13.5. The number of hydrogen-bond donors (Lipinski definition) is 5. The predicted octanol–water partition coefficient (Wildman–Crippen LogP) is 8.87. The number of urea groups is 1. The molecule has 15 heteroatoms. The van der Waals surface area contributed by atoms with Crippen LogP contribution < -0.4 is 16.4 Å². The Labute approximate surface area is 320 Å². The van der Waals surface area contributed by atoms with Gasteiger partial charge in [0.2, 0.25) is 0 Å². The smallest absolute Gasteiger partial charge is 0.490 e. The van der Waals surface area contributed by atoms with Crippen LogP contribution >= 0.6 is 0 Å². The Morgan fingerprint density at radius 2 is 1.48 bits per heavy atom. The van der Waals surface area contributed by atoms with Gasteiger partial charge in [-0.2, -0.15) is 26.3 Å². The zero-order chi connectivity index (χ0) is 41.0. The van der Waals surface area contributed by atoms with E-state index in [0.29, 0.717) is 30.4 Å². The van der Waals surface area contributed by atoms with Crippen molar-refractivity contribution in [2.24, 2.45) is 17.6 Å². The number of carboxylic acids is 1. The van der Waals surface area contributed by atoms with Crippen molar-refractivity contribution in [3.8, 4) is 16.9 Å². The third-order valence-corrected chi connectivity index (χ3v) is 9.55. The highest BCUT2D eigenvalue weighted by molar-refractivity contribution is 6.01. The minimum atomic E-state index is -5.08. The van der Waals surface area contributed by atoms with Gasteiger partial charge in [0.05, 0.1) is 5.56 Å². The number of hydrogen-bond acceptors (Lipinski definition) is 5. The van der Waals surface area contributed by atoms with E-state index in [9.17, 15) is 41.0 Å². The van der Waals surface area contributed by atoms with E-state index < -0.39 is 29.9 Å². The van der Waals surface area contributed by atoms with E-state index >= 15 is 0 Å². The summed E-state index contributed by atoms with van der Waals surface area (Å²) in [5.74, 6) is -1.82. The average Bonchev–Trinajstić information content (AvgIpc) is 3.16. The molecule has 0 bridgehead atoms. The van der Waals surface area contributed by atoms with Crippen LogP contribution in [-0.4, -0.2) is 58.3 Å². The molecular weight excluding hydrogens is 742 g/mol. The van der Waals surface area contributed by atoms with E-state index in [-0.39, 0.29) is 36.5 Å². The van der Waals surface area contributed by atoms with Crippen molar-refractivity contribution in [3.05, 3.63) is 119 Å². The number of anilines is 1. The Bertz CT molecular complexity index is 1930. The molecule has 0 aliphatic heterocycles. The Morgan fingerprint density at radius 3 is 2.11 bits per heavy atom. The number of phenolic OH excluding ortho intramolecular Hbond substituents is 1. The summed E-state index contributed by atoms with van der Waals surface area (Å²) in [5.41, 5.74) is 9.04. The molecule has 5 rings (SSSR count). The minimum Gasteiger partial charge on any atom is -0.508 e. The molecule has 4 aromatic carbocycles. The van der Waals surface area contributed by atoms with Crippen molar-refractivity contribution < 1.29 is 50.9 Å². The van der Waals surface area contributed by atoms with Gasteiger partial charge in [0.1, 0.15) is 5.75 Å². The maximum Gasteiger partial charge on any atom is 0.490 e. The molecular formula is C41H44F6N4O5. The average molecular weight is 787 g/mol. The number of benzene rings is 4. The van der Waals surface area contributed by atoms with Crippen LogP contribution in [0.3, 0.4) is 0 Å². The predicted molar refractivity (Wildman–Crippen MR) is 200 cm³/mol. The maximum absolute atomic E-state index is 13.5. The van der Waals surface area contributed by atoms with Crippen LogP contribution in [0.5, 0.6) is 5.75 Å². The van der Waals surface area contributed by atoms with Gasteiger partial charge in [0.15, 0.2) is 0 Å². The molecule has 9 nitrogen and oxygen atoms in total. The van der Waals surface area contributed by atoms with E-state index in [4.69, 9.17) is 15.6 Å².